The zero-order valence-electron chi connectivity index (χ0n) is 12.6. The molecule has 0 radical (unpaired) electrons. The summed E-state index contributed by atoms with van der Waals surface area (Å²) < 4.78 is 1.99. The molecule has 1 fully saturated rings. The summed E-state index contributed by atoms with van der Waals surface area (Å²) >= 11 is 0. The van der Waals surface area contributed by atoms with E-state index in [2.05, 4.69) is 16.8 Å². The van der Waals surface area contributed by atoms with Gasteiger partial charge in [-0.3, -0.25) is 9.69 Å². The van der Waals surface area contributed by atoms with E-state index in [1.807, 2.05) is 24.9 Å². The lowest BCUT2D eigenvalue weighted by atomic mass is 9.76. The quantitative estimate of drug-likeness (QED) is 0.897. The van der Waals surface area contributed by atoms with E-state index in [9.17, 15) is 9.90 Å². The van der Waals surface area contributed by atoms with Gasteiger partial charge >= 0.3 is 5.97 Å². The highest BCUT2D eigenvalue weighted by Crippen LogP contribution is 2.34. The van der Waals surface area contributed by atoms with Crippen LogP contribution in [0.25, 0.3) is 0 Å². The van der Waals surface area contributed by atoms with E-state index in [-0.39, 0.29) is 12.0 Å². The van der Waals surface area contributed by atoms with Gasteiger partial charge in [0.1, 0.15) is 5.82 Å². The van der Waals surface area contributed by atoms with E-state index in [1.54, 1.807) is 6.20 Å². The Morgan fingerprint density at radius 3 is 2.85 bits per heavy atom. The molecule has 1 saturated carbocycles. The van der Waals surface area contributed by atoms with Crippen LogP contribution in [-0.2, 0) is 18.4 Å². The van der Waals surface area contributed by atoms with Crippen molar-refractivity contribution in [2.45, 2.75) is 45.2 Å². The summed E-state index contributed by atoms with van der Waals surface area (Å²) in [7, 11) is 3.99. The van der Waals surface area contributed by atoms with E-state index < -0.39 is 5.97 Å². The van der Waals surface area contributed by atoms with Gasteiger partial charge in [0.25, 0.3) is 0 Å². The van der Waals surface area contributed by atoms with Crippen molar-refractivity contribution in [1.29, 1.82) is 0 Å². The van der Waals surface area contributed by atoms with Gasteiger partial charge in [0.2, 0.25) is 0 Å². The average Bonchev–Trinajstić information content (AvgIpc) is 2.83. The highest BCUT2D eigenvalue weighted by Gasteiger charge is 2.36. The summed E-state index contributed by atoms with van der Waals surface area (Å²) in [6, 6.07) is 0.114. The van der Waals surface area contributed by atoms with Gasteiger partial charge in [-0.05, 0) is 32.2 Å². The Morgan fingerprint density at radius 2 is 2.30 bits per heavy atom. The van der Waals surface area contributed by atoms with Crippen LogP contribution < -0.4 is 0 Å². The summed E-state index contributed by atoms with van der Waals surface area (Å²) in [4.78, 5) is 18.0. The molecule has 3 atom stereocenters. The van der Waals surface area contributed by atoms with Crippen molar-refractivity contribution in [3.63, 3.8) is 0 Å². The fraction of sp³-hybridized carbons (Fsp3) is 0.733. The van der Waals surface area contributed by atoms with Crippen molar-refractivity contribution in [3.05, 3.63) is 18.2 Å². The molecule has 1 aromatic heterocycles. The van der Waals surface area contributed by atoms with Crippen LogP contribution in [0, 0.1) is 11.8 Å². The third-order valence-corrected chi connectivity index (χ3v) is 4.70. The second kappa shape index (κ2) is 6.39. The Hall–Kier alpha value is -1.36. The van der Waals surface area contributed by atoms with E-state index in [0.717, 1.165) is 31.5 Å². The molecule has 1 N–H and O–H groups in total. The zero-order valence-corrected chi connectivity index (χ0v) is 12.6. The van der Waals surface area contributed by atoms with Crippen LogP contribution in [0.1, 0.15) is 38.4 Å². The minimum absolute atomic E-state index is 0.114. The standard InChI is InChI=1S/C15H25N3O2/c1-4-11-5-6-12(15(19)20)13(9-11)18(3)10-14-16-7-8-17(14)2/h7-8,11-13H,4-6,9-10H2,1-3H3,(H,19,20). The van der Waals surface area contributed by atoms with Gasteiger partial charge in [0.05, 0.1) is 12.5 Å². The number of hydrogen-bond donors (Lipinski definition) is 1. The van der Waals surface area contributed by atoms with Crippen LogP contribution in [0.2, 0.25) is 0 Å². The second-order valence-corrected chi connectivity index (χ2v) is 5.97. The van der Waals surface area contributed by atoms with Crippen LogP contribution in [0.5, 0.6) is 0 Å². The third kappa shape index (κ3) is 3.20. The highest BCUT2D eigenvalue weighted by atomic mass is 16.4. The average molecular weight is 279 g/mol. The van der Waals surface area contributed by atoms with Crippen LogP contribution in [0.3, 0.4) is 0 Å². The van der Waals surface area contributed by atoms with Gasteiger partial charge in [0.15, 0.2) is 0 Å². The Kier molecular flexibility index (Phi) is 4.81. The first-order valence-corrected chi connectivity index (χ1v) is 7.42. The number of imidazole rings is 1. The van der Waals surface area contributed by atoms with E-state index >= 15 is 0 Å². The molecule has 5 heteroatoms. The van der Waals surface area contributed by atoms with Crippen LogP contribution in [0.4, 0.5) is 0 Å². The molecule has 20 heavy (non-hydrogen) atoms. The lowest BCUT2D eigenvalue weighted by Crippen LogP contribution is -2.45. The van der Waals surface area contributed by atoms with Gasteiger partial charge < -0.3 is 9.67 Å². The molecule has 0 bridgehead atoms. The maximum Gasteiger partial charge on any atom is 0.308 e. The van der Waals surface area contributed by atoms with E-state index in [4.69, 9.17) is 0 Å². The predicted molar refractivity (Wildman–Crippen MR) is 77.2 cm³/mol. The Morgan fingerprint density at radius 1 is 1.55 bits per heavy atom. The summed E-state index contributed by atoms with van der Waals surface area (Å²) in [5.74, 6) is 0.731. The summed E-state index contributed by atoms with van der Waals surface area (Å²) in [5, 5.41) is 9.45. The maximum atomic E-state index is 11.5. The van der Waals surface area contributed by atoms with Gasteiger partial charge in [-0.25, -0.2) is 4.98 Å². The summed E-state index contributed by atoms with van der Waals surface area (Å²) in [5.41, 5.74) is 0. The molecule has 0 saturated heterocycles. The Labute approximate surface area is 120 Å². The third-order valence-electron chi connectivity index (χ3n) is 4.70. The Bertz CT molecular complexity index is 458. The zero-order chi connectivity index (χ0) is 14.7. The first kappa shape index (κ1) is 15.0. The van der Waals surface area contributed by atoms with Crippen LogP contribution in [-0.4, -0.2) is 38.6 Å². The molecule has 112 valence electrons. The van der Waals surface area contributed by atoms with Crippen molar-refractivity contribution >= 4 is 5.97 Å². The maximum absolute atomic E-state index is 11.5. The van der Waals surface area contributed by atoms with Gasteiger partial charge in [-0.2, -0.15) is 0 Å². The summed E-state index contributed by atoms with van der Waals surface area (Å²) in [6.07, 6.45) is 7.66. The molecule has 1 aliphatic rings. The van der Waals surface area contributed by atoms with E-state index in [0.29, 0.717) is 12.5 Å². The van der Waals surface area contributed by atoms with Crippen LogP contribution >= 0.6 is 0 Å². The molecule has 1 heterocycles. The SMILES string of the molecule is CCC1CCC(C(=O)O)C(N(C)Cc2nccn2C)C1. The number of nitrogens with zero attached hydrogens (tertiary/aromatic N) is 3. The van der Waals surface area contributed by atoms with Crippen LogP contribution in [0.15, 0.2) is 12.4 Å². The molecular formula is C15H25N3O2. The minimum Gasteiger partial charge on any atom is -0.481 e. The minimum atomic E-state index is -0.656. The number of hydrogen-bond acceptors (Lipinski definition) is 3. The number of carboxylic acids is 1. The van der Waals surface area contributed by atoms with Gasteiger partial charge in [-0.15, -0.1) is 0 Å². The topological polar surface area (TPSA) is 58.4 Å². The largest absolute Gasteiger partial charge is 0.481 e. The number of aromatic nitrogens is 2. The van der Waals surface area contributed by atoms with Crippen molar-refractivity contribution in [2.75, 3.05) is 7.05 Å². The molecule has 2 rings (SSSR count). The van der Waals surface area contributed by atoms with Crippen molar-refractivity contribution < 1.29 is 9.90 Å². The molecule has 0 aliphatic heterocycles. The number of carbonyl (C=O) groups is 1. The first-order chi connectivity index (χ1) is 9.52. The van der Waals surface area contributed by atoms with Crippen molar-refractivity contribution in [1.82, 2.24) is 14.5 Å². The Balaban J connectivity index is 2.09. The lowest BCUT2D eigenvalue weighted by Gasteiger charge is -2.39. The molecule has 0 aromatic carbocycles. The van der Waals surface area contributed by atoms with Gasteiger partial charge in [-0.1, -0.05) is 13.3 Å². The molecule has 3 unspecified atom stereocenters. The first-order valence-electron chi connectivity index (χ1n) is 7.42. The molecule has 0 spiro atoms. The smallest absolute Gasteiger partial charge is 0.308 e. The highest BCUT2D eigenvalue weighted by molar-refractivity contribution is 5.71. The number of aryl methyl sites for hydroxylation is 1. The van der Waals surface area contributed by atoms with Gasteiger partial charge in [0, 0.05) is 25.5 Å². The molecule has 1 aromatic rings. The fourth-order valence-electron chi connectivity index (χ4n) is 3.27. The van der Waals surface area contributed by atoms with E-state index in [1.165, 1.54) is 0 Å². The number of aliphatic carboxylic acids is 1. The molecular weight excluding hydrogens is 254 g/mol. The number of rotatable bonds is 5. The summed E-state index contributed by atoms with van der Waals surface area (Å²) in [6.45, 7) is 2.90. The fourth-order valence-corrected chi connectivity index (χ4v) is 3.27. The molecule has 0 amide bonds. The normalized spacial score (nSPS) is 26.9. The number of carboxylic acid groups (broad SMARTS) is 1. The monoisotopic (exact) mass is 279 g/mol. The lowest BCUT2D eigenvalue weighted by molar-refractivity contribution is -0.146. The second-order valence-electron chi connectivity index (χ2n) is 5.97. The van der Waals surface area contributed by atoms with Crippen molar-refractivity contribution in [2.24, 2.45) is 18.9 Å². The molecule has 5 nitrogen and oxygen atoms in total. The molecule has 1 aliphatic carbocycles. The van der Waals surface area contributed by atoms with Crippen molar-refractivity contribution in [3.8, 4) is 0 Å². The predicted octanol–water partition coefficient (Wildman–Crippen LogP) is 2.13.